The number of amidine groups is 2. The number of aliphatic imine (C=N–C) groups is 1. The number of hydrogen-bond acceptors (Lipinski definition) is 4. The van der Waals surface area contributed by atoms with E-state index in [1.807, 2.05) is 24.6 Å². The Labute approximate surface area is 97.1 Å². The summed E-state index contributed by atoms with van der Waals surface area (Å²) in [5, 5.41) is 7.68. The molecule has 0 aliphatic carbocycles. The third kappa shape index (κ3) is 1.66. The maximum atomic E-state index is 7.68. The molecular weight excluding hydrogens is 226 g/mol. The molecule has 1 aliphatic rings. The van der Waals surface area contributed by atoms with Crippen molar-refractivity contribution in [2.24, 2.45) is 10.7 Å². The smallest absolute Gasteiger partial charge is 0.154 e. The molecule has 0 amide bonds. The van der Waals surface area contributed by atoms with E-state index < -0.39 is 0 Å². The van der Waals surface area contributed by atoms with Gasteiger partial charge in [-0.2, -0.15) is 0 Å². The van der Waals surface area contributed by atoms with Gasteiger partial charge in [0.05, 0.1) is 0 Å². The van der Waals surface area contributed by atoms with E-state index in [-0.39, 0.29) is 5.84 Å². The Morgan fingerprint density at radius 1 is 1.13 bits per heavy atom. The normalized spacial score (nSPS) is 14.0. The van der Waals surface area contributed by atoms with Gasteiger partial charge in [-0.05, 0) is 24.6 Å². The molecule has 0 bridgehead atoms. The lowest BCUT2D eigenvalue weighted by Crippen LogP contribution is -2.10. The predicted molar refractivity (Wildman–Crippen MR) is 67.6 cm³/mol. The van der Waals surface area contributed by atoms with Gasteiger partial charge >= 0.3 is 0 Å². The highest BCUT2D eigenvalue weighted by Gasteiger charge is 2.20. The number of thioether (sulfide) groups is 2. The van der Waals surface area contributed by atoms with Crippen molar-refractivity contribution in [3.8, 4) is 0 Å². The van der Waals surface area contributed by atoms with Gasteiger partial charge in [0.15, 0.2) is 5.84 Å². The Morgan fingerprint density at radius 3 is 2.20 bits per heavy atom. The van der Waals surface area contributed by atoms with Crippen LogP contribution in [0.3, 0.4) is 0 Å². The zero-order valence-electron chi connectivity index (χ0n) is 8.50. The van der Waals surface area contributed by atoms with Crippen LogP contribution in [0.15, 0.2) is 26.9 Å². The summed E-state index contributed by atoms with van der Waals surface area (Å²) < 4.78 is 0. The summed E-state index contributed by atoms with van der Waals surface area (Å²) >= 11 is 3.37. The second-order valence-corrected chi connectivity index (χ2v) is 4.79. The fourth-order valence-electron chi connectivity index (χ4n) is 1.53. The van der Waals surface area contributed by atoms with Crippen LogP contribution < -0.4 is 5.73 Å². The molecule has 3 N–H and O–H groups in total. The van der Waals surface area contributed by atoms with Crippen LogP contribution in [0.4, 0.5) is 0 Å². The first-order valence-corrected chi connectivity index (χ1v) is 6.81. The van der Waals surface area contributed by atoms with Crippen molar-refractivity contribution >= 4 is 35.2 Å². The van der Waals surface area contributed by atoms with Gasteiger partial charge in [0, 0.05) is 20.9 Å². The summed E-state index contributed by atoms with van der Waals surface area (Å²) in [5.74, 6) is 0.725. The maximum absolute atomic E-state index is 7.68. The van der Waals surface area contributed by atoms with Gasteiger partial charge in [0.2, 0.25) is 0 Å². The SMILES string of the molecule is CSc1cc2c(cc1SC)C(N)=NC2=N. The van der Waals surface area contributed by atoms with E-state index in [1.165, 1.54) is 9.79 Å². The van der Waals surface area contributed by atoms with E-state index in [2.05, 4.69) is 4.99 Å². The summed E-state index contributed by atoms with van der Waals surface area (Å²) in [5.41, 5.74) is 7.48. The minimum Gasteiger partial charge on any atom is -0.383 e. The lowest BCUT2D eigenvalue weighted by Gasteiger charge is -2.07. The Bertz CT molecular complexity index is 466. The summed E-state index contributed by atoms with van der Waals surface area (Å²) in [7, 11) is 0. The topological polar surface area (TPSA) is 62.2 Å². The Morgan fingerprint density at radius 2 is 1.67 bits per heavy atom. The van der Waals surface area contributed by atoms with Crippen LogP contribution in [0.2, 0.25) is 0 Å². The lowest BCUT2D eigenvalue weighted by atomic mass is 10.1. The zero-order valence-corrected chi connectivity index (χ0v) is 10.1. The molecule has 0 aromatic heterocycles. The number of nitrogens with one attached hydrogen (secondary N) is 1. The summed E-state index contributed by atoms with van der Waals surface area (Å²) in [4.78, 5) is 6.33. The average molecular weight is 237 g/mol. The molecule has 3 nitrogen and oxygen atoms in total. The number of hydrogen-bond donors (Lipinski definition) is 2. The molecule has 78 valence electrons. The molecule has 1 aromatic rings. The Hall–Kier alpha value is -0.940. The van der Waals surface area contributed by atoms with Crippen molar-refractivity contribution in [3.05, 3.63) is 23.3 Å². The first-order chi connectivity index (χ1) is 7.17. The molecule has 5 heteroatoms. The molecule has 1 aliphatic heterocycles. The van der Waals surface area contributed by atoms with Gasteiger partial charge in [-0.25, -0.2) is 4.99 Å². The van der Waals surface area contributed by atoms with Crippen LogP contribution in [0.25, 0.3) is 0 Å². The van der Waals surface area contributed by atoms with Crippen LogP contribution in [0.5, 0.6) is 0 Å². The van der Waals surface area contributed by atoms with Gasteiger partial charge < -0.3 is 5.73 Å². The van der Waals surface area contributed by atoms with Crippen LogP contribution in [-0.4, -0.2) is 24.2 Å². The summed E-state index contributed by atoms with van der Waals surface area (Å²) in [6.07, 6.45) is 4.07. The second-order valence-electron chi connectivity index (χ2n) is 3.10. The van der Waals surface area contributed by atoms with Gasteiger partial charge in [-0.3, -0.25) is 5.41 Å². The van der Waals surface area contributed by atoms with Crippen molar-refractivity contribution in [2.75, 3.05) is 12.5 Å². The van der Waals surface area contributed by atoms with Crippen LogP contribution >= 0.6 is 23.5 Å². The standard InChI is InChI=1S/C10H11N3S2/c1-14-7-3-5-6(4-8(7)15-2)10(12)13-9(5)11/h3-4H,1-2H3,(H3,11,12,13). The molecule has 1 heterocycles. The lowest BCUT2D eigenvalue weighted by molar-refractivity contribution is 1.24. The van der Waals surface area contributed by atoms with E-state index in [4.69, 9.17) is 11.1 Å². The Balaban J connectivity index is 2.63. The molecule has 0 atom stereocenters. The van der Waals surface area contributed by atoms with Crippen LogP contribution in [0.1, 0.15) is 11.1 Å². The number of benzene rings is 1. The first kappa shape index (κ1) is 10.6. The molecule has 15 heavy (non-hydrogen) atoms. The Kier molecular flexibility index (Phi) is 2.75. The third-order valence-corrected chi connectivity index (χ3v) is 3.97. The van der Waals surface area contributed by atoms with E-state index >= 15 is 0 Å². The second kappa shape index (κ2) is 3.90. The summed E-state index contributed by atoms with van der Waals surface area (Å²) in [6, 6.07) is 4.02. The van der Waals surface area contributed by atoms with Gasteiger partial charge in [0.1, 0.15) is 5.84 Å². The van der Waals surface area contributed by atoms with Gasteiger partial charge in [0.25, 0.3) is 0 Å². The van der Waals surface area contributed by atoms with E-state index in [0.717, 1.165) is 11.1 Å². The molecule has 2 rings (SSSR count). The predicted octanol–water partition coefficient (Wildman–Crippen LogP) is 2.17. The molecular formula is C10H11N3S2. The van der Waals surface area contributed by atoms with Crippen molar-refractivity contribution in [1.29, 1.82) is 5.41 Å². The number of fused-ring (bicyclic) bond motifs is 1. The van der Waals surface area contributed by atoms with Crippen molar-refractivity contribution in [2.45, 2.75) is 9.79 Å². The molecule has 0 fully saturated rings. The number of rotatable bonds is 2. The zero-order chi connectivity index (χ0) is 11.0. The molecule has 0 unspecified atom stereocenters. The monoisotopic (exact) mass is 237 g/mol. The van der Waals surface area contributed by atoms with E-state index in [0.29, 0.717) is 5.84 Å². The maximum Gasteiger partial charge on any atom is 0.154 e. The number of nitrogens with zero attached hydrogens (tertiary/aromatic N) is 1. The van der Waals surface area contributed by atoms with Gasteiger partial charge in [-0.1, -0.05) is 0 Å². The van der Waals surface area contributed by atoms with Crippen molar-refractivity contribution < 1.29 is 0 Å². The fourth-order valence-corrected chi connectivity index (χ4v) is 3.02. The molecule has 0 spiro atoms. The largest absolute Gasteiger partial charge is 0.383 e. The van der Waals surface area contributed by atoms with Crippen molar-refractivity contribution in [3.63, 3.8) is 0 Å². The van der Waals surface area contributed by atoms with Crippen LogP contribution in [-0.2, 0) is 0 Å². The minimum atomic E-state index is 0.269. The highest BCUT2D eigenvalue weighted by Crippen LogP contribution is 2.32. The molecule has 0 saturated heterocycles. The van der Waals surface area contributed by atoms with E-state index in [9.17, 15) is 0 Å². The molecule has 0 saturated carbocycles. The van der Waals surface area contributed by atoms with Crippen LogP contribution in [0, 0.1) is 5.41 Å². The fraction of sp³-hybridized carbons (Fsp3) is 0.200. The quantitative estimate of drug-likeness (QED) is 0.775. The highest BCUT2D eigenvalue weighted by molar-refractivity contribution is 8.01. The first-order valence-electron chi connectivity index (χ1n) is 4.37. The minimum absolute atomic E-state index is 0.269. The van der Waals surface area contributed by atoms with E-state index in [1.54, 1.807) is 23.5 Å². The highest BCUT2D eigenvalue weighted by atomic mass is 32.2. The summed E-state index contributed by atoms with van der Waals surface area (Å²) in [6.45, 7) is 0. The molecule has 1 aromatic carbocycles. The average Bonchev–Trinajstić information content (AvgIpc) is 2.52. The molecule has 0 radical (unpaired) electrons. The number of nitrogens with two attached hydrogens (primary N) is 1. The van der Waals surface area contributed by atoms with Gasteiger partial charge in [-0.15, -0.1) is 23.5 Å². The third-order valence-electron chi connectivity index (χ3n) is 2.29. The van der Waals surface area contributed by atoms with Crippen molar-refractivity contribution in [1.82, 2.24) is 0 Å².